The first kappa shape index (κ1) is 30.9. The SMILES string of the molecule is COC1=C[C@]23CCCN2CCc2cc4c(cc2[C@@H]3C1OC(=O)[C@@](O)(CCC(C)(C)O)CC(=O)OCC1=CI=CS1)OCO4. The van der Waals surface area contributed by atoms with E-state index < -0.39 is 41.2 Å². The van der Waals surface area contributed by atoms with Crippen LogP contribution in [0.5, 0.6) is 11.5 Å². The molecule has 4 aliphatic heterocycles. The lowest BCUT2D eigenvalue weighted by Gasteiger charge is -2.39. The number of benzene rings is 1. The Balaban J connectivity index is 1.30. The minimum absolute atomic E-state index is 0.0668. The van der Waals surface area contributed by atoms with Crippen molar-refractivity contribution in [2.45, 2.75) is 81.1 Å². The van der Waals surface area contributed by atoms with Gasteiger partial charge in [0.15, 0.2) is 23.2 Å². The van der Waals surface area contributed by atoms with Crippen LogP contribution in [0.4, 0.5) is 0 Å². The molecule has 0 saturated carbocycles. The highest BCUT2D eigenvalue weighted by molar-refractivity contribution is 14.2. The maximum atomic E-state index is 14.0. The fraction of sp³-hybridized carbons (Fsp3) is 0.581. The zero-order valence-corrected chi connectivity index (χ0v) is 27.6. The molecule has 1 spiro atoms. The number of halogens is 1. The molecule has 234 valence electrons. The number of methoxy groups -OCH3 is 1. The van der Waals surface area contributed by atoms with Gasteiger partial charge >= 0.3 is 11.9 Å². The van der Waals surface area contributed by atoms with Crippen LogP contribution in [0.3, 0.4) is 0 Å². The summed E-state index contributed by atoms with van der Waals surface area (Å²) in [5, 5.41) is 22.2. The van der Waals surface area contributed by atoms with Crippen molar-refractivity contribution in [3.8, 4) is 11.5 Å². The third-order valence-corrected chi connectivity index (χ3v) is 12.9. The number of aliphatic hydroxyl groups is 2. The van der Waals surface area contributed by atoms with E-state index in [0.717, 1.165) is 48.4 Å². The van der Waals surface area contributed by atoms with Crippen molar-refractivity contribution in [3.05, 3.63) is 44.1 Å². The first-order valence-corrected chi connectivity index (χ1v) is 17.9. The second-order valence-electron chi connectivity index (χ2n) is 12.4. The summed E-state index contributed by atoms with van der Waals surface area (Å²) in [6, 6.07) is 4.01. The number of fused-ring (bicyclic) bond motifs is 3. The lowest BCUT2D eigenvalue weighted by Crippen LogP contribution is -2.49. The second kappa shape index (κ2) is 12.0. The number of ether oxygens (including phenoxy) is 5. The van der Waals surface area contributed by atoms with Gasteiger partial charge in [0.2, 0.25) is 6.79 Å². The van der Waals surface area contributed by atoms with Crippen LogP contribution in [0.1, 0.15) is 63.0 Å². The van der Waals surface area contributed by atoms with E-state index in [1.807, 2.05) is 12.1 Å². The highest BCUT2D eigenvalue weighted by Gasteiger charge is 2.59. The normalized spacial score (nSPS) is 27.1. The number of hydrogen-bond donors (Lipinski definition) is 2. The summed E-state index contributed by atoms with van der Waals surface area (Å²) in [6.45, 7) is 5.17. The molecule has 5 aliphatic rings. The fourth-order valence-corrected chi connectivity index (χ4v) is 10.4. The molecule has 43 heavy (non-hydrogen) atoms. The summed E-state index contributed by atoms with van der Waals surface area (Å²) in [5.41, 5.74) is -1.73. The Kier molecular flexibility index (Phi) is 8.61. The molecule has 6 rings (SSSR count). The number of rotatable bonds is 10. The Morgan fingerprint density at radius 2 is 1.98 bits per heavy atom. The highest BCUT2D eigenvalue weighted by Crippen LogP contribution is 2.55. The summed E-state index contributed by atoms with van der Waals surface area (Å²) in [4.78, 5) is 30.3. The lowest BCUT2D eigenvalue weighted by molar-refractivity contribution is -0.179. The van der Waals surface area contributed by atoms with Crippen LogP contribution >= 0.6 is 32.5 Å². The molecular formula is C31H38INO9S. The Labute approximate surface area is 265 Å². The lowest BCUT2D eigenvalue weighted by atomic mass is 9.77. The molecule has 12 heteroatoms. The zero-order valence-electron chi connectivity index (χ0n) is 24.6. The van der Waals surface area contributed by atoms with E-state index in [0.29, 0.717) is 17.3 Å². The molecule has 10 nitrogen and oxygen atoms in total. The number of esters is 2. The standard InChI is InChI=1S/C31H38INO9S/c1-29(2,36)7-8-31(37,14-25(34)39-16-20-15-32-17-43-20)28(35)42-27-24(38-3)13-30-6-4-9-33(30)10-5-19-11-22-23(41-18-40-22)12-21(19)26(27)30/h11-13,15,17,26-27,36-37H,4-10,14,16,18H2,1-3H3/t26-,27?,30+,31-/m1/s1. The van der Waals surface area contributed by atoms with Gasteiger partial charge in [0.05, 0.1) is 30.6 Å². The van der Waals surface area contributed by atoms with Crippen LogP contribution in [0.15, 0.2) is 33.0 Å². The van der Waals surface area contributed by atoms with E-state index in [-0.39, 0.29) is 52.9 Å². The average molecular weight is 728 g/mol. The first-order chi connectivity index (χ1) is 20.5. The van der Waals surface area contributed by atoms with Gasteiger partial charge in [0.1, 0.15) is 12.4 Å². The van der Waals surface area contributed by atoms with Crippen molar-refractivity contribution in [2.24, 2.45) is 0 Å². The monoisotopic (exact) mass is 727 g/mol. The van der Waals surface area contributed by atoms with Crippen molar-refractivity contribution in [1.29, 1.82) is 0 Å². The third kappa shape index (κ3) is 6.09. The summed E-state index contributed by atoms with van der Waals surface area (Å²) in [7, 11) is 1.56. The van der Waals surface area contributed by atoms with Crippen LogP contribution in [0, 0.1) is 0 Å². The number of thioether (sulfide) groups is 1. The largest absolute Gasteiger partial charge is 0.497 e. The molecular weight excluding hydrogens is 689 g/mol. The predicted molar refractivity (Wildman–Crippen MR) is 169 cm³/mol. The summed E-state index contributed by atoms with van der Waals surface area (Å²) in [5.74, 6) is -0.112. The summed E-state index contributed by atoms with van der Waals surface area (Å²) < 4.78 is 33.1. The minimum atomic E-state index is -2.21. The number of hydrogen-bond acceptors (Lipinski definition) is 11. The number of carbonyl (C=O) groups is 2. The molecule has 1 unspecified atom stereocenters. The maximum absolute atomic E-state index is 14.0. The van der Waals surface area contributed by atoms with Gasteiger partial charge in [-0.15, -0.1) is 0 Å². The third-order valence-electron chi connectivity index (χ3n) is 8.97. The summed E-state index contributed by atoms with van der Waals surface area (Å²) in [6.07, 6.45) is 3.17. The molecule has 4 atom stereocenters. The van der Waals surface area contributed by atoms with E-state index in [1.54, 1.807) is 32.7 Å². The molecule has 0 bridgehead atoms. The minimum Gasteiger partial charge on any atom is -0.497 e. The van der Waals surface area contributed by atoms with Gasteiger partial charge in [-0.1, -0.05) is 32.5 Å². The quantitative estimate of drug-likeness (QED) is 0.270. The average Bonchev–Trinajstić information content (AvgIpc) is 3.76. The van der Waals surface area contributed by atoms with Gasteiger partial charge in [-0.25, -0.2) is 4.79 Å². The van der Waals surface area contributed by atoms with Crippen molar-refractivity contribution in [2.75, 3.05) is 33.6 Å². The van der Waals surface area contributed by atoms with Crippen LogP contribution in [0.2, 0.25) is 0 Å². The molecule has 0 aromatic heterocycles. The van der Waals surface area contributed by atoms with Gasteiger partial charge in [-0.05, 0) is 85.9 Å². The van der Waals surface area contributed by atoms with E-state index >= 15 is 0 Å². The topological polar surface area (TPSA) is 124 Å². The van der Waals surface area contributed by atoms with Crippen molar-refractivity contribution in [3.63, 3.8) is 0 Å². The van der Waals surface area contributed by atoms with Crippen LogP contribution in [-0.4, -0.2) is 86.8 Å². The van der Waals surface area contributed by atoms with Gasteiger partial charge in [-0.3, -0.25) is 9.69 Å². The van der Waals surface area contributed by atoms with Crippen LogP contribution < -0.4 is 9.47 Å². The van der Waals surface area contributed by atoms with Gasteiger partial charge in [0, 0.05) is 14.8 Å². The Hall–Kier alpha value is -2.13. The van der Waals surface area contributed by atoms with Crippen molar-refractivity contribution in [1.82, 2.24) is 4.90 Å². The molecule has 1 aromatic carbocycles. The van der Waals surface area contributed by atoms with E-state index in [4.69, 9.17) is 23.7 Å². The van der Waals surface area contributed by atoms with Gasteiger partial charge < -0.3 is 33.9 Å². The molecule has 2 N–H and O–H groups in total. The highest BCUT2D eigenvalue weighted by atomic mass is 127. The van der Waals surface area contributed by atoms with Gasteiger partial charge in [-0.2, -0.15) is 0 Å². The summed E-state index contributed by atoms with van der Waals surface area (Å²) >= 11 is 1.41. The van der Waals surface area contributed by atoms with E-state index in [1.165, 1.54) is 0 Å². The maximum Gasteiger partial charge on any atom is 0.339 e. The molecule has 0 radical (unpaired) electrons. The zero-order chi connectivity index (χ0) is 30.4. The smallest absolute Gasteiger partial charge is 0.339 e. The molecule has 4 heterocycles. The number of carbonyl (C=O) groups excluding carboxylic acids is 2. The van der Waals surface area contributed by atoms with E-state index in [2.05, 4.69) is 18.4 Å². The molecule has 1 aliphatic carbocycles. The fourth-order valence-electron chi connectivity index (χ4n) is 6.81. The van der Waals surface area contributed by atoms with Crippen LogP contribution in [0.25, 0.3) is 0 Å². The van der Waals surface area contributed by atoms with E-state index in [9.17, 15) is 19.8 Å². The second-order valence-corrected chi connectivity index (χ2v) is 16.2. The molecule has 1 aromatic rings. The Morgan fingerprint density at radius 3 is 2.70 bits per heavy atom. The van der Waals surface area contributed by atoms with Crippen molar-refractivity contribution >= 4 is 47.8 Å². The van der Waals surface area contributed by atoms with Gasteiger partial charge in [0.25, 0.3) is 0 Å². The molecule has 0 amide bonds. The van der Waals surface area contributed by atoms with Crippen molar-refractivity contribution < 1.29 is 43.5 Å². The predicted octanol–water partition coefficient (Wildman–Crippen LogP) is 3.88. The molecule has 1 fully saturated rings. The Bertz CT molecular complexity index is 1390. The Morgan fingerprint density at radius 1 is 1.19 bits per heavy atom. The molecule has 1 saturated heterocycles. The van der Waals surface area contributed by atoms with Crippen LogP contribution in [-0.2, 0) is 30.2 Å². The first-order valence-electron chi connectivity index (χ1n) is 14.6. The number of nitrogens with zero attached hydrogens (tertiary/aromatic N) is 1.